The van der Waals surface area contributed by atoms with Gasteiger partial charge >= 0.3 is 0 Å². The van der Waals surface area contributed by atoms with Gasteiger partial charge in [0.2, 0.25) is 5.91 Å². The third kappa shape index (κ3) is 6.56. The third-order valence-corrected chi connectivity index (χ3v) is 7.36. The highest BCUT2D eigenvalue weighted by Crippen LogP contribution is 2.23. The van der Waals surface area contributed by atoms with Crippen LogP contribution in [-0.4, -0.2) is 90.6 Å². The molecule has 2 aromatic rings. The first-order valence-electron chi connectivity index (χ1n) is 12.7. The van der Waals surface area contributed by atoms with E-state index in [1.807, 2.05) is 24.0 Å². The summed E-state index contributed by atoms with van der Waals surface area (Å²) in [7, 11) is 1.59. The SMILES string of the molecule is CCN1C(=O)[C@@H](CC(=O)Nc2ccc(OC)cc2)N(CCCN2CCN(c3ccc(F)cc3)CC2)C1=S. The number of carbonyl (C=O) groups is 2. The normalized spacial score (nSPS) is 18.5. The molecule has 0 bridgehead atoms. The largest absolute Gasteiger partial charge is 0.497 e. The number of anilines is 2. The van der Waals surface area contributed by atoms with Crippen molar-refractivity contribution in [2.75, 3.05) is 63.1 Å². The summed E-state index contributed by atoms with van der Waals surface area (Å²) in [6.45, 7) is 7.44. The highest BCUT2D eigenvalue weighted by atomic mass is 32.1. The fourth-order valence-corrected chi connectivity index (χ4v) is 5.28. The second-order valence-corrected chi connectivity index (χ2v) is 9.58. The monoisotopic (exact) mass is 527 g/mol. The predicted molar refractivity (Wildman–Crippen MR) is 146 cm³/mol. The number of hydrogen-bond acceptors (Lipinski definition) is 6. The summed E-state index contributed by atoms with van der Waals surface area (Å²) in [6.07, 6.45) is 0.871. The summed E-state index contributed by atoms with van der Waals surface area (Å²) in [5.74, 6) is 0.131. The van der Waals surface area contributed by atoms with Gasteiger partial charge in [-0.2, -0.15) is 0 Å². The molecule has 0 spiro atoms. The lowest BCUT2D eigenvalue weighted by molar-refractivity contribution is -0.130. The van der Waals surface area contributed by atoms with Gasteiger partial charge in [-0.1, -0.05) is 0 Å². The van der Waals surface area contributed by atoms with Crippen LogP contribution in [0.15, 0.2) is 48.5 Å². The van der Waals surface area contributed by atoms with Crippen LogP contribution in [0.5, 0.6) is 5.75 Å². The summed E-state index contributed by atoms with van der Waals surface area (Å²) >= 11 is 5.61. The highest BCUT2D eigenvalue weighted by Gasteiger charge is 2.42. The molecule has 2 aliphatic heterocycles. The van der Waals surface area contributed by atoms with Crippen LogP contribution in [0.2, 0.25) is 0 Å². The van der Waals surface area contributed by atoms with Gasteiger partial charge in [0, 0.05) is 50.6 Å². The molecular formula is C27H34FN5O3S. The minimum atomic E-state index is -0.596. The molecule has 0 radical (unpaired) electrons. The molecule has 198 valence electrons. The summed E-state index contributed by atoms with van der Waals surface area (Å²) in [4.78, 5) is 34.0. The molecule has 2 aliphatic rings. The molecule has 2 heterocycles. The van der Waals surface area contributed by atoms with Crippen LogP contribution in [0.4, 0.5) is 15.8 Å². The summed E-state index contributed by atoms with van der Waals surface area (Å²) in [5.41, 5.74) is 1.69. The van der Waals surface area contributed by atoms with Gasteiger partial charge in [-0.05, 0) is 80.6 Å². The summed E-state index contributed by atoms with van der Waals surface area (Å²) in [5, 5.41) is 3.36. The number of carbonyl (C=O) groups excluding carboxylic acids is 2. The Morgan fingerprint density at radius 2 is 1.73 bits per heavy atom. The Labute approximate surface area is 223 Å². The maximum Gasteiger partial charge on any atom is 0.252 e. The molecule has 2 fully saturated rings. The number of amides is 2. The van der Waals surface area contributed by atoms with Crippen LogP contribution < -0.4 is 15.0 Å². The highest BCUT2D eigenvalue weighted by molar-refractivity contribution is 7.80. The lowest BCUT2D eigenvalue weighted by atomic mass is 10.1. The number of halogens is 1. The molecule has 0 aromatic heterocycles. The molecule has 0 aliphatic carbocycles. The number of ether oxygens (including phenoxy) is 1. The number of piperazine rings is 1. The van der Waals surface area contributed by atoms with Crippen molar-refractivity contribution in [2.45, 2.75) is 25.8 Å². The predicted octanol–water partition coefficient (Wildman–Crippen LogP) is 3.19. The van der Waals surface area contributed by atoms with Crippen molar-refractivity contribution in [1.29, 1.82) is 0 Å². The van der Waals surface area contributed by atoms with E-state index in [4.69, 9.17) is 17.0 Å². The van der Waals surface area contributed by atoms with Gasteiger partial charge in [-0.3, -0.25) is 19.4 Å². The number of nitrogens with one attached hydrogen (secondary N) is 1. The van der Waals surface area contributed by atoms with E-state index in [9.17, 15) is 14.0 Å². The Bertz CT molecular complexity index is 1090. The number of rotatable bonds is 10. The standard InChI is InChI=1S/C27H34FN5O3S/c1-3-32-26(35)24(19-25(34)29-21-7-11-23(36-2)12-8-21)33(27(32)37)14-4-13-30-15-17-31(18-16-30)22-9-5-20(28)6-10-22/h5-12,24H,3-4,13-19H2,1-2H3,(H,29,34)/t24-/m1/s1. The van der Waals surface area contributed by atoms with Gasteiger partial charge in [0.25, 0.3) is 5.91 Å². The number of benzene rings is 2. The van der Waals surface area contributed by atoms with Crippen molar-refractivity contribution in [3.05, 3.63) is 54.3 Å². The van der Waals surface area contributed by atoms with Crippen LogP contribution in [0.1, 0.15) is 19.8 Å². The molecule has 4 rings (SSSR count). The zero-order valence-electron chi connectivity index (χ0n) is 21.4. The Morgan fingerprint density at radius 1 is 1.05 bits per heavy atom. The zero-order chi connectivity index (χ0) is 26.4. The Balaban J connectivity index is 1.28. The second-order valence-electron chi connectivity index (χ2n) is 9.21. The van der Waals surface area contributed by atoms with Gasteiger partial charge in [-0.15, -0.1) is 0 Å². The third-order valence-electron chi connectivity index (χ3n) is 6.91. The van der Waals surface area contributed by atoms with Crippen molar-refractivity contribution in [2.24, 2.45) is 0 Å². The molecule has 2 amide bonds. The van der Waals surface area contributed by atoms with E-state index >= 15 is 0 Å². The molecule has 8 nitrogen and oxygen atoms in total. The van der Waals surface area contributed by atoms with Crippen LogP contribution in [0.3, 0.4) is 0 Å². The number of hydrogen-bond donors (Lipinski definition) is 1. The van der Waals surface area contributed by atoms with E-state index in [-0.39, 0.29) is 24.1 Å². The molecular weight excluding hydrogens is 493 g/mol. The molecule has 0 unspecified atom stereocenters. The fourth-order valence-electron chi connectivity index (χ4n) is 4.84. The minimum absolute atomic E-state index is 0.0395. The first kappa shape index (κ1) is 26.8. The smallest absolute Gasteiger partial charge is 0.252 e. The maximum absolute atomic E-state index is 13.2. The van der Waals surface area contributed by atoms with E-state index in [1.165, 1.54) is 12.1 Å². The van der Waals surface area contributed by atoms with E-state index in [0.29, 0.717) is 29.6 Å². The van der Waals surface area contributed by atoms with Crippen LogP contribution in [0, 0.1) is 5.82 Å². The molecule has 10 heteroatoms. The minimum Gasteiger partial charge on any atom is -0.497 e. The van der Waals surface area contributed by atoms with Crippen molar-refractivity contribution in [1.82, 2.24) is 14.7 Å². The zero-order valence-corrected chi connectivity index (χ0v) is 22.2. The quantitative estimate of drug-likeness (QED) is 0.476. The maximum atomic E-state index is 13.2. The second kappa shape index (κ2) is 12.3. The molecule has 2 saturated heterocycles. The van der Waals surface area contributed by atoms with Crippen molar-refractivity contribution in [3.63, 3.8) is 0 Å². The van der Waals surface area contributed by atoms with Gasteiger partial charge in [0.1, 0.15) is 17.6 Å². The summed E-state index contributed by atoms with van der Waals surface area (Å²) in [6, 6.07) is 13.1. The molecule has 1 atom stereocenters. The molecule has 2 aromatic carbocycles. The van der Waals surface area contributed by atoms with Gasteiger partial charge in [0.15, 0.2) is 5.11 Å². The van der Waals surface area contributed by atoms with E-state index in [1.54, 1.807) is 36.3 Å². The van der Waals surface area contributed by atoms with Crippen LogP contribution in [-0.2, 0) is 9.59 Å². The Kier molecular flexibility index (Phi) is 8.94. The fraction of sp³-hybridized carbons (Fsp3) is 0.444. The molecule has 1 N–H and O–H groups in total. The number of likely N-dealkylation sites (N-methyl/N-ethyl adjacent to an activating group) is 1. The van der Waals surface area contributed by atoms with Crippen molar-refractivity contribution >= 4 is 40.5 Å². The van der Waals surface area contributed by atoms with Crippen LogP contribution in [0.25, 0.3) is 0 Å². The lowest BCUT2D eigenvalue weighted by Crippen LogP contribution is -2.47. The average molecular weight is 528 g/mol. The van der Waals surface area contributed by atoms with Gasteiger partial charge in [0.05, 0.1) is 13.5 Å². The topological polar surface area (TPSA) is 68.4 Å². The van der Waals surface area contributed by atoms with Gasteiger partial charge in [-0.25, -0.2) is 4.39 Å². The van der Waals surface area contributed by atoms with Crippen LogP contribution >= 0.6 is 12.2 Å². The first-order chi connectivity index (χ1) is 17.9. The van der Waals surface area contributed by atoms with E-state index in [0.717, 1.165) is 44.8 Å². The Morgan fingerprint density at radius 3 is 2.35 bits per heavy atom. The summed E-state index contributed by atoms with van der Waals surface area (Å²) < 4.78 is 18.4. The van der Waals surface area contributed by atoms with E-state index < -0.39 is 6.04 Å². The number of thiocarbonyl (C=S) groups is 1. The molecule has 0 saturated carbocycles. The van der Waals surface area contributed by atoms with Crippen molar-refractivity contribution in [3.8, 4) is 5.75 Å². The lowest BCUT2D eigenvalue weighted by Gasteiger charge is -2.36. The molecule has 37 heavy (non-hydrogen) atoms. The first-order valence-corrected chi connectivity index (χ1v) is 13.1. The van der Waals surface area contributed by atoms with E-state index in [2.05, 4.69) is 15.1 Å². The number of methoxy groups -OCH3 is 1. The average Bonchev–Trinajstić information content (AvgIpc) is 3.13. The number of nitrogens with zero attached hydrogens (tertiary/aromatic N) is 4. The van der Waals surface area contributed by atoms with Crippen molar-refractivity contribution < 1.29 is 18.7 Å². The van der Waals surface area contributed by atoms with Gasteiger partial charge < -0.3 is 19.9 Å². The Hall–Kier alpha value is -3.24.